The van der Waals surface area contributed by atoms with Crippen LogP contribution in [0.25, 0.3) is 10.9 Å². The molecule has 5 nitrogen and oxygen atoms in total. The number of hydrogen-bond acceptors (Lipinski definition) is 3. The molecule has 0 saturated carbocycles. The number of carbonyl (C=O) groups is 2. The van der Waals surface area contributed by atoms with Gasteiger partial charge < -0.3 is 0 Å². The second kappa shape index (κ2) is 5.57. The van der Waals surface area contributed by atoms with Gasteiger partial charge in [-0.15, -0.1) is 0 Å². The molecule has 0 spiro atoms. The van der Waals surface area contributed by atoms with Crippen molar-refractivity contribution in [2.75, 3.05) is 0 Å². The number of nitrogens with one attached hydrogen (secondary N) is 1. The maximum atomic E-state index is 11.5. The van der Waals surface area contributed by atoms with Crippen molar-refractivity contribution in [3.8, 4) is 11.8 Å². The number of fused-ring (bicyclic) bond motifs is 1. The summed E-state index contributed by atoms with van der Waals surface area (Å²) in [4.78, 5) is 22.3. The Labute approximate surface area is 117 Å². The van der Waals surface area contributed by atoms with Gasteiger partial charge in [0.1, 0.15) is 0 Å². The van der Waals surface area contributed by atoms with Gasteiger partial charge in [-0.05, 0) is 25.1 Å². The molecule has 102 valence electrons. The number of amides is 2. The molecule has 20 heavy (non-hydrogen) atoms. The van der Waals surface area contributed by atoms with Crippen molar-refractivity contribution < 1.29 is 9.59 Å². The van der Waals surface area contributed by atoms with Gasteiger partial charge in [0.2, 0.25) is 11.8 Å². The molecule has 1 heterocycles. The van der Waals surface area contributed by atoms with Gasteiger partial charge in [-0.1, -0.05) is 11.8 Å². The largest absolute Gasteiger partial charge is 0.296 e. The monoisotopic (exact) mass is 269 g/mol. The molecule has 2 aromatic rings. The first-order chi connectivity index (χ1) is 9.45. The van der Waals surface area contributed by atoms with Gasteiger partial charge in [0.25, 0.3) is 0 Å². The Hall–Kier alpha value is -2.61. The van der Waals surface area contributed by atoms with Crippen molar-refractivity contribution in [2.24, 2.45) is 13.0 Å². The summed E-state index contributed by atoms with van der Waals surface area (Å²) in [7, 11) is 1.86. The van der Waals surface area contributed by atoms with E-state index >= 15 is 0 Å². The van der Waals surface area contributed by atoms with Crippen LogP contribution in [0.1, 0.15) is 19.4 Å². The quantitative estimate of drug-likeness (QED) is 0.792. The van der Waals surface area contributed by atoms with Gasteiger partial charge in [0.05, 0.1) is 11.4 Å². The van der Waals surface area contributed by atoms with Crippen molar-refractivity contribution >= 4 is 22.7 Å². The van der Waals surface area contributed by atoms with E-state index in [1.165, 1.54) is 6.92 Å². The van der Waals surface area contributed by atoms with Crippen LogP contribution in [-0.2, 0) is 16.6 Å². The summed E-state index contributed by atoms with van der Waals surface area (Å²) in [6.07, 6.45) is 1.93. The van der Waals surface area contributed by atoms with Crippen LogP contribution in [0.2, 0.25) is 0 Å². The fraction of sp³-hybridized carbons (Fsp3) is 0.267. The molecule has 1 N–H and O–H groups in total. The van der Waals surface area contributed by atoms with E-state index in [4.69, 9.17) is 0 Å². The second-order valence-electron chi connectivity index (χ2n) is 4.61. The Morgan fingerprint density at radius 1 is 1.40 bits per heavy atom. The highest BCUT2D eigenvalue weighted by atomic mass is 16.2. The number of benzene rings is 1. The number of carbonyl (C=O) groups excluding carboxylic acids is 2. The molecule has 0 radical (unpaired) electrons. The Bertz CT molecular complexity index is 734. The van der Waals surface area contributed by atoms with Gasteiger partial charge in [0.15, 0.2) is 0 Å². The SMILES string of the molecule is CC(=O)NC(=O)[C@@H](C)C#Cc1ccc2cn(C)nc2c1. The number of rotatable bonds is 1. The first kappa shape index (κ1) is 13.8. The lowest BCUT2D eigenvalue weighted by molar-refractivity contribution is -0.130. The lowest BCUT2D eigenvalue weighted by atomic mass is 10.1. The number of hydrogen-bond donors (Lipinski definition) is 1. The molecular formula is C15H15N3O2. The van der Waals surface area contributed by atoms with E-state index in [1.807, 2.05) is 31.4 Å². The fourth-order valence-electron chi connectivity index (χ4n) is 1.76. The van der Waals surface area contributed by atoms with Crippen molar-refractivity contribution in [1.82, 2.24) is 15.1 Å². The highest BCUT2D eigenvalue weighted by Gasteiger charge is 2.10. The van der Waals surface area contributed by atoms with E-state index in [0.717, 1.165) is 16.5 Å². The van der Waals surface area contributed by atoms with Gasteiger partial charge in [-0.2, -0.15) is 5.10 Å². The van der Waals surface area contributed by atoms with E-state index in [-0.39, 0.29) is 11.8 Å². The van der Waals surface area contributed by atoms with Crippen LogP contribution in [0.4, 0.5) is 0 Å². The van der Waals surface area contributed by atoms with Gasteiger partial charge in [-0.3, -0.25) is 19.6 Å². The van der Waals surface area contributed by atoms with Crippen molar-refractivity contribution in [2.45, 2.75) is 13.8 Å². The van der Waals surface area contributed by atoms with Gasteiger partial charge in [0, 0.05) is 31.1 Å². The smallest absolute Gasteiger partial charge is 0.241 e. The molecule has 0 aliphatic carbocycles. The third kappa shape index (κ3) is 3.23. The molecule has 1 aromatic carbocycles. The topological polar surface area (TPSA) is 64.0 Å². The number of imide groups is 1. The van der Waals surface area contributed by atoms with Gasteiger partial charge >= 0.3 is 0 Å². The van der Waals surface area contributed by atoms with Gasteiger partial charge in [-0.25, -0.2) is 0 Å². The minimum atomic E-state index is -0.543. The molecular weight excluding hydrogens is 254 g/mol. The molecule has 5 heteroatoms. The lowest BCUT2D eigenvalue weighted by Gasteiger charge is -2.02. The third-order valence-electron chi connectivity index (χ3n) is 2.75. The zero-order chi connectivity index (χ0) is 14.7. The van der Waals surface area contributed by atoms with Crippen LogP contribution < -0.4 is 5.32 Å². The number of aromatic nitrogens is 2. The normalized spacial score (nSPS) is 11.6. The van der Waals surface area contributed by atoms with E-state index in [0.29, 0.717) is 0 Å². The standard InChI is InChI=1S/C15H15N3O2/c1-10(15(20)16-11(2)19)4-5-12-6-7-13-9-18(3)17-14(13)8-12/h6-10H,1-3H3,(H,16,19,20)/t10-/m0/s1. The average molecular weight is 269 g/mol. The van der Waals surface area contributed by atoms with Crippen LogP contribution >= 0.6 is 0 Å². The Morgan fingerprint density at radius 2 is 2.15 bits per heavy atom. The summed E-state index contributed by atoms with van der Waals surface area (Å²) in [5.74, 6) is 4.45. The summed E-state index contributed by atoms with van der Waals surface area (Å²) in [5.41, 5.74) is 1.65. The molecule has 0 fully saturated rings. The Morgan fingerprint density at radius 3 is 2.85 bits per heavy atom. The van der Waals surface area contributed by atoms with Crippen molar-refractivity contribution in [1.29, 1.82) is 0 Å². The molecule has 0 aliphatic heterocycles. The molecule has 0 saturated heterocycles. The molecule has 0 unspecified atom stereocenters. The molecule has 2 amide bonds. The highest BCUT2D eigenvalue weighted by molar-refractivity contribution is 5.96. The van der Waals surface area contributed by atoms with E-state index in [9.17, 15) is 9.59 Å². The van der Waals surface area contributed by atoms with Crippen LogP contribution in [0.15, 0.2) is 24.4 Å². The lowest BCUT2D eigenvalue weighted by Crippen LogP contribution is -2.32. The third-order valence-corrected chi connectivity index (χ3v) is 2.75. The van der Waals surface area contributed by atoms with Crippen molar-refractivity contribution in [3.63, 3.8) is 0 Å². The summed E-state index contributed by atoms with van der Waals surface area (Å²) < 4.78 is 1.74. The van der Waals surface area contributed by atoms with Crippen LogP contribution in [-0.4, -0.2) is 21.6 Å². The predicted octanol–water partition coefficient (Wildman–Crippen LogP) is 1.22. The van der Waals surface area contributed by atoms with Crippen molar-refractivity contribution in [3.05, 3.63) is 30.0 Å². The summed E-state index contributed by atoms with van der Waals surface area (Å²) >= 11 is 0. The molecule has 0 bridgehead atoms. The zero-order valence-electron chi connectivity index (χ0n) is 11.6. The zero-order valence-corrected chi connectivity index (χ0v) is 11.6. The summed E-state index contributed by atoms with van der Waals surface area (Å²) in [5, 5.41) is 7.56. The van der Waals surface area contributed by atoms with E-state index in [2.05, 4.69) is 22.3 Å². The molecule has 1 atom stereocenters. The molecule has 2 rings (SSSR count). The Balaban J connectivity index is 2.17. The maximum Gasteiger partial charge on any atom is 0.241 e. The average Bonchev–Trinajstić information content (AvgIpc) is 2.74. The molecule has 1 aromatic heterocycles. The fourth-order valence-corrected chi connectivity index (χ4v) is 1.76. The minimum absolute atomic E-state index is 0.376. The van der Waals surface area contributed by atoms with Crippen LogP contribution in [0, 0.1) is 17.8 Å². The Kier molecular flexibility index (Phi) is 3.85. The maximum absolute atomic E-state index is 11.5. The summed E-state index contributed by atoms with van der Waals surface area (Å²) in [6, 6.07) is 5.69. The second-order valence-corrected chi connectivity index (χ2v) is 4.61. The first-order valence-electron chi connectivity index (χ1n) is 6.22. The number of nitrogens with zero attached hydrogens (tertiary/aromatic N) is 2. The molecule has 0 aliphatic rings. The van der Waals surface area contributed by atoms with E-state index in [1.54, 1.807) is 11.6 Å². The summed E-state index contributed by atoms with van der Waals surface area (Å²) in [6.45, 7) is 2.96. The predicted molar refractivity (Wildman–Crippen MR) is 75.6 cm³/mol. The van der Waals surface area contributed by atoms with Crippen LogP contribution in [0.3, 0.4) is 0 Å². The van der Waals surface area contributed by atoms with Crippen LogP contribution in [0.5, 0.6) is 0 Å². The first-order valence-corrected chi connectivity index (χ1v) is 6.22. The number of aryl methyl sites for hydroxylation is 1. The highest BCUT2D eigenvalue weighted by Crippen LogP contribution is 2.13. The minimum Gasteiger partial charge on any atom is -0.296 e. The van der Waals surface area contributed by atoms with E-state index < -0.39 is 5.92 Å².